The van der Waals surface area contributed by atoms with Crippen LogP contribution in [0.3, 0.4) is 0 Å². The van der Waals surface area contributed by atoms with E-state index in [1.807, 2.05) is 25.9 Å². The van der Waals surface area contributed by atoms with Crippen molar-refractivity contribution in [3.05, 3.63) is 138 Å². The second-order valence-corrected chi connectivity index (χ2v) is 31.9. The Morgan fingerprint density at radius 2 is 1.39 bits per heavy atom. The van der Waals surface area contributed by atoms with E-state index in [0.717, 1.165) is 25.2 Å². The van der Waals surface area contributed by atoms with Crippen molar-refractivity contribution in [2.45, 2.75) is 120 Å². The van der Waals surface area contributed by atoms with Crippen LogP contribution in [0.25, 0.3) is 11.3 Å². The maximum Gasteiger partial charge on any atom is 0.319 e. The van der Waals surface area contributed by atoms with Crippen molar-refractivity contribution < 1.29 is 98.1 Å². The van der Waals surface area contributed by atoms with E-state index in [9.17, 15) is 65.3 Å². The molecular formula is C78H101F2N15O19S2. The van der Waals surface area contributed by atoms with Gasteiger partial charge in [0.15, 0.2) is 5.82 Å². The number of halogens is 2. The highest BCUT2D eigenvalue weighted by Gasteiger charge is 2.40. The van der Waals surface area contributed by atoms with Gasteiger partial charge in [0.05, 0.1) is 105 Å². The summed E-state index contributed by atoms with van der Waals surface area (Å²) in [5.74, 6) is -6.76. The van der Waals surface area contributed by atoms with E-state index in [1.54, 1.807) is 32.0 Å². The van der Waals surface area contributed by atoms with Gasteiger partial charge in [0.25, 0.3) is 15.9 Å². The SMILES string of the molecule is CCCNC(=O)Nc1cccc(S(=O)(=O)Nc2cccc(C(CC(=O)O)NC(=O)Nc3ccc(NC(=O)NCCOCCOCCOCCC(=O)NC(CC(=O)OCCCCN(C)C)C(=O)N4CCCC4C(=O)NC(C(=O)N=S(C)(=O)Cc4cc5cc(c4)OCCCCOc4cc(F)ccc4-c4nc(ncc4F)N5)C(C)C)cc3)c2)c1. The molecule has 116 heavy (non-hydrogen) atoms. The summed E-state index contributed by atoms with van der Waals surface area (Å²) in [7, 11) is -3.78. The molecule has 2 aliphatic heterocycles. The molecule has 8 rings (SSSR count). The number of carbonyl (C=O) groups is 9. The number of aliphatic carboxylic acids is 1. The number of nitrogens with zero attached hydrogens (tertiary/aromatic N) is 5. The summed E-state index contributed by atoms with van der Waals surface area (Å²) in [5.41, 5.74) is 2.10. The number of unbranched alkanes of at least 4 members (excludes halogenated alkanes) is 1. The van der Waals surface area contributed by atoms with Crippen LogP contribution in [-0.2, 0) is 73.2 Å². The molecule has 0 radical (unpaired) electrons. The second-order valence-electron chi connectivity index (χ2n) is 27.9. The number of esters is 1. The lowest BCUT2D eigenvalue weighted by molar-refractivity contribution is -0.149. The molecular weight excluding hydrogens is 1550 g/mol. The lowest BCUT2D eigenvalue weighted by Gasteiger charge is -2.30. The Balaban J connectivity index is 0.748. The fourth-order valence-electron chi connectivity index (χ4n) is 12.0. The first-order chi connectivity index (χ1) is 55.5. The molecule has 628 valence electrons. The Hall–Kier alpha value is -11.2. The van der Waals surface area contributed by atoms with Crippen molar-refractivity contribution in [3.8, 4) is 22.8 Å². The summed E-state index contributed by atoms with van der Waals surface area (Å²) >= 11 is 0. The number of carboxylic acid groups (broad SMARTS) is 1. The molecule has 5 atom stereocenters. The molecule has 0 spiro atoms. The minimum Gasteiger partial charge on any atom is -0.494 e. The zero-order valence-corrected chi connectivity index (χ0v) is 67.1. The van der Waals surface area contributed by atoms with Gasteiger partial charge in [-0.25, -0.2) is 45.8 Å². The fraction of sp³-hybridized carbons (Fsp3) is 0.449. The summed E-state index contributed by atoms with van der Waals surface area (Å²) in [6, 6.07) is 19.3. The van der Waals surface area contributed by atoms with Crippen molar-refractivity contribution in [1.82, 2.24) is 46.4 Å². The van der Waals surface area contributed by atoms with Crippen molar-refractivity contribution in [1.29, 1.82) is 0 Å². The summed E-state index contributed by atoms with van der Waals surface area (Å²) < 4.78 is 112. The molecule has 0 aliphatic carbocycles. The molecule has 5 unspecified atom stereocenters. The average molecular weight is 1650 g/mol. The molecule has 3 heterocycles. The third kappa shape index (κ3) is 30.2. The Morgan fingerprint density at radius 1 is 0.716 bits per heavy atom. The van der Waals surface area contributed by atoms with Crippen LogP contribution in [0.2, 0.25) is 0 Å². The number of ether oxygens (including phenoxy) is 6. The van der Waals surface area contributed by atoms with Gasteiger partial charge in [0, 0.05) is 78.4 Å². The summed E-state index contributed by atoms with van der Waals surface area (Å²) in [6.07, 6.45) is 4.44. The highest BCUT2D eigenvalue weighted by atomic mass is 32.2. The number of benzene rings is 5. The summed E-state index contributed by atoms with van der Waals surface area (Å²) in [4.78, 5) is 131. The first-order valence-electron chi connectivity index (χ1n) is 37.9. The van der Waals surface area contributed by atoms with Crippen LogP contribution in [0.15, 0.2) is 125 Å². The van der Waals surface area contributed by atoms with Gasteiger partial charge < -0.3 is 91.2 Å². The number of urea groups is 3. The molecule has 1 aromatic heterocycles. The predicted molar refractivity (Wildman–Crippen MR) is 428 cm³/mol. The van der Waals surface area contributed by atoms with E-state index in [2.05, 4.69) is 66.9 Å². The molecule has 1 saturated heterocycles. The van der Waals surface area contributed by atoms with E-state index in [1.165, 1.54) is 96.1 Å². The Bertz CT molecular complexity index is 4640. The average Bonchev–Trinajstić information content (AvgIpc) is 1.10. The normalized spacial score (nSPS) is 14.6. The monoisotopic (exact) mass is 1650 g/mol. The van der Waals surface area contributed by atoms with Gasteiger partial charge in [-0.3, -0.25) is 33.5 Å². The van der Waals surface area contributed by atoms with Crippen molar-refractivity contribution in [2.75, 3.05) is 132 Å². The number of carboxylic acids is 1. The minimum atomic E-state index is -4.19. The van der Waals surface area contributed by atoms with Gasteiger partial charge in [-0.1, -0.05) is 39.0 Å². The zero-order chi connectivity index (χ0) is 83.7. The third-order valence-electron chi connectivity index (χ3n) is 17.6. The predicted octanol–water partition coefficient (Wildman–Crippen LogP) is 8.66. The summed E-state index contributed by atoms with van der Waals surface area (Å²) in [5, 5.41) is 33.9. The summed E-state index contributed by atoms with van der Waals surface area (Å²) in [6.45, 7) is 7.59. The molecule has 38 heteroatoms. The Morgan fingerprint density at radius 3 is 2.09 bits per heavy atom. The van der Waals surface area contributed by atoms with Crippen molar-refractivity contribution in [2.24, 2.45) is 10.3 Å². The smallest absolute Gasteiger partial charge is 0.319 e. The largest absolute Gasteiger partial charge is 0.494 e. The maximum atomic E-state index is 15.3. The quantitative estimate of drug-likeness (QED) is 0.0127. The standard InChI is InChI=1S/C78H101F2N15O19S2/c1-7-27-81-76(103)87-56-16-13-18-60(45-56)116(107,108)92-57-17-12-15-52(42-57)63(46-68(97)98)89-78(105)86-55-23-21-54(22-24-55)85-77(104)82-28-35-110-37-39-111-38-36-109-34-26-67(96)88-64(47-69(99)114-33-9-8-29-94(4)5)74(102)95-30-14-19-65(95)72(100)90-70(50(2)3)73(101)93-115(6,106)49-51-40-58-44-59(41-51)112-31-10-11-32-113-66-43-53(79)20-25-61(66)71-62(80)48-83-75(84-58)91-71/h12-13,15-18,20-25,40-45,48,50,63-65,70,92H,7-11,14,19,26-39,46-47,49H2,1-6H3,(H,88,96)(H,90,100)(H,97,98)(H2,81,87,103)(H2,82,85,104)(H,83,84,91)(H2,86,89,105). The molecule has 5 aromatic carbocycles. The number of sulfonamides is 1. The van der Waals surface area contributed by atoms with Crippen LogP contribution in [0.1, 0.15) is 102 Å². The van der Waals surface area contributed by atoms with Gasteiger partial charge >= 0.3 is 30.0 Å². The van der Waals surface area contributed by atoms with Crippen LogP contribution in [0.4, 0.5) is 57.5 Å². The van der Waals surface area contributed by atoms with Gasteiger partial charge in [-0.15, -0.1) is 0 Å². The number of fused-ring (bicyclic) bond motifs is 6. The number of anilines is 6. The number of amides is 10. The lowest BCUT2D eigenvalue weighted by atomic mass is 10.0. The molecule has 0 saturated carbocycles. The molecule has 11 N–H and O–H groups in total. The van der Waals surface area contributed by atoms with E-state index in [-0.39, 0.29) is 136 Å². The van der Waals surface area contributed by atoms with E-state index in [0.29, 0.717) is 67.0 Å². The maximum absolute atomic E-state index is 15.3. The molecule has 6 aromatic rings. The van der Waals surface area contributed by atoms with Crippen LogP contribution < -0.4 is 62.0 Å². The van der Waals surface area contributed by atoms with Crippen LogP contribution >= 0.6 is 0 Å². The number of aromatic nitrogens is 2. The van der Waals surface area contributed by atoms with Gasteiger partial charge in [-0.2, -0.15) is 4.36 Å². The van der Waals surface area contributed by atoms with Crippen LogP contribution in [0.5, 0.6) is 11.5 Å². The van der Waals surface area contributed by atoms with Gasteiger partial charge in [0.2, 0.25) is 23.7 Å². The van der Waals surface area contributed by atoms with Crippen LogP contribution in [-0.4, -0.2) is 215 Å². The number of rotatable bonds is 39. The number of nitrogens with one attached hydrogen (secondary N) is 10. The molecule has 10 amide bonds. The zero-order valence-electron chi connectivity index (χ0n) is 65.4. The van der Waals surface area contributed by atoms with Crippen LogP contribution in [0, 0.1) is 17.6 Å². The van der Waals surface area contributed by atoms with Crippen molar-refractivity contribution >= 4 is 108 Å². The van der Waals surface area contributed by atoms with Gasteiger partial charge in [0.1, 0.15) is 41.1 Å². The highest BCUT2D eigenvalue weighted by Crippen LogP contribution is 2.34. The topological polar surface area (TPSA) is 445 Å². The highest BCUT2D eigenvalue weighted by molar-refractivity contribution is 7.93. The number of hydrogen-bond acceptors (Lipinski definition) is 22. The number of hydrogen-bond donors (Lipinski definition) is 11. The molecule has 1 fully saturated rings. The second kappa shape index (κ2) is 45.2. The Kier molecular flexibility index (Phi) is 35.2. The Labute approximate surface area is 672 Å². The van der Waals surface area contributed by atoms with E-state index >= 15 is 4.39 Å². The number of likely N-dealkylation sites (tertiary alicyclic amines) is 1. The van der Waals surface area contributed by atoms with E-state index < -0.39 is 128 Å². The van der Waals surface area contributed by atoms with E-state index in [4.69, 9.17) is 28.4 Å². The van der Waals surface area contributed by atoms with Gasteiger partial charge in [-0.05, 0) is 161 Å². The molecule has 34 nitrogen and oxygen atoms in total. The number of carbonyl (C=O) groups excluding carboxylic acids is 8. The lowest BCUT2D eigenvalue weighted by Crippen LogP contribution is -2.56. The molecule has 2 aliphatic rings. The first kappa shape index (κ1) is 90.3. The fourth-order valence-corrected chi connectivity index (χ4v) is 14.4. The third-order valence-corrected chi connectivity index (χ3v) is 20.4. The first-order valence-corrected chi connectivity index (χ1v) is 41.5. The van der Waals surface area contributed by atoms with Crippen molar-refractivity contribution in [3.63, 3.8) is 0 Å². The minimum absolute atomic E-state index is 0.0383. The molecule has 4 bridgehead atoms.